The first-order chi connectivity index (χ1) is 13.2. The molecule has 2 heterocycles. The molecule has 6 nitrogen and oxygen atoms in total. The minimum atomic E-state index is -0.182. The molecule has 2 fully saturated rings. The highest BCUT2D eigenvalue weighted by atomic mass is 16.2. The maximum Gasteiger partial charge on any atom is 0.259 e. The molecular formula is C21H24N4O2. The summed E-state index contributed by atoms with van der Waals surface area (Å²) in [5.41, 5.74) is 1.85. The number of rotatable bonds is 5. The summed E-state index contributed by atoms with van der Waals surface area (Å²) in [6.07, 6.45) is 7.33. The standard InChI is InChI=1S/C21H24N4O2/c26-20(23-17-10-11-17)15-6-8-16(9-7-15)24-21(27)18-5-4-12-22-19(18)25-13-2-1-3-14-25/h4-9,12,17H,1-3,10-11,13-14H2,(H,23,26)(H,24,27). The largest absolute Gasteiger partial charge is 0.356 e. The van der Waals surface area contributed by atoms with Gasteiger partial charge in [0.05, 0.1) is 5.56 Å². The molecule has 1 aliphatic heterocycles. The van der Waals surface area contributed by atoms with Gasteiger partial charge < -0.3 is 15.5 Å². The average Bonchev–Trinajstić information content (AvgIpc) is 3.53. The van der Waals surface area contributed by atoms with Gasteiger partial charge in [0.1, 0.15) is 5.82 Å². The first-order valence-electron chi connectivity index (χ1n) is 9.63. The number of nitrogens with one attached hydrogen (secondary N) is 2. The second kappa shape index (κ2) is 7.78. The molecule has 2 N–H and O–H groups in total. The van der Waals surface area contributed by atoms with Crippen LogP contribution in [0, 0.1) is 0 Å². The summed E-state index contributed by atoms with van der Waals surface area (Å²) in [7, 11) is 0. The Morgan fingerprint density at radius 3 is 2.41 bits per heavy atom. The zero-order valence-corrected chi connectivity index (χ0v) is 15.3. The highest BCUT2D eigenvalue weighted by Gasteiger charge is 2.24. The van der Waals surface area contributed by atoms with Crippen LogP contribution in [0.3, 0.4) is 0 Å². The van der Waals surface area contributed by atoms with Crippen LogP contribution in [0.4, 0.5) is 11.5 Å². The molecule has 1 saturated heterocycles. The molecule has 4 rings (SSSR count). The lowest BCUT2D eigenvalue weighted by molar-refractivity contribution is 0.0950. The predicted octanol–water partition coefficient (Wildman–Crippen LogP) is 3.22. The zero-order chi connectivity index (χ0) is 18.6. The Balaban J connectivity index is 1.45. The molecule has 2 amide bonds. The number of pyridine rings is 1. The fraction of sp³-hybridized carbons (Fsp3) is 0.381. The molecule has 0 radical (unpaired) electrons. The number of anilines is 2. The van der Waals surface area contributed by atoms with Crippen LogP contribution in [0.1, 0.15) is 52.8 Å². The maximum atomic E-state index is 12.8. The van der Waals surface area contributed by atoms with Crippen LogP contribution in [-0.4, -0.2) is 35.9 Å². The van der Waals surface area contributed by atoms with Gasteiger partial charge in [-0.3, -0.25) is 9.59 Å². The molecule has 140 valence electrons. The van der Waals surface area contributed by atoms with Crippen LogP contribution in [-0.2, 0) is 0 Å². The van der Waals surface area contributed by atoms with Crippen LogP contribution in [0.2, 0.25) is 0 Å². The van der Waals surface area contributed by atoms with E-state index in [1.54, 1.807) is 36.5 Å². The summed E-state index contributed by atoms with van der Waals surface area (Å²) in [6, 6.07) is 10.9. The Kier molecular flexibility index (Phi) is 5.05. The van der Waals surface area contributed by atoms with E-state index in [9.17, 15) is 9.59 Å². The number of benzene rings is 1. The molecule has 0 atom stereocenters. The van der Waals surface area contributed by atoms with Crippen LogP contribution >= 0.6 is 0 Å². The fourth-order valence-corrected chi connectivity index (χ4v) is 3.33. The summed E-state index contributed by atoms with van der Waals surface area (Å²) in [6.45, 7) is 1.87. The van der Waals surface area contributed by atoms with Crippen molar-refractivity contribution in [3.05, 3.63) is 53.7 Å². The van der Waals surface area contributed by atoms with E-state index in [1.807, 2.05) is 6.07 Å². The molecule has 2 aromatic rings. The number of hydrogen-bond donors (Lipinski definition) is 2. The SMILES string of the molecule is O=C(NC1CC1)c1ccc(NC(=O)c2cccnc2N2CCCCC2)cc1. The van der Waals surface area contributed by atoms with Gasteiger partial charge in [0.25, 0.3) is 11.8 Å². The molecule has 2 aliphatic rings. The van der Waals surface area contributed by atoms with Crippen LogP contribution in [0.25, 0.3) is 0 Å². The van der Waals surface area contributed by atoms with Gasteiger partial charge in [0, 0.05) is 36.6 Å². The highest BCUT2D eigenvalue weighted by Crippen LogP contribution is 2.23. The van der Waals surface area contributed by atoms with Gasteiger partial charge in [0.2, 0.25) is 0 Å². The van der Waals surface area contributed by atoms with Crippen molar-refractivity contribution in [1.29, 1.82) is 0 Å². The van der Waals surface area contributed by atoms with Crippen molar-refractivity contribution in [2.75, 3.05) is 23.3 Å². The molecule has 0 unspecified atom stereocenters. The van der Waals surface area contributed by atoms with Crippen molar-refractivity contribution in [1.82, 2.24) is 10.3 Å². The average molecular weight is 364 g/mol. The summed E-state index contributed by atoms with van der Waals surface area (Å²) >= 11 is 0. The summed E-state index contributed by atoms with van der Waals surface area (Å²) < 4.78 is 0. The Morgan fingerprint density at radius 2 is 1.70 bits per heavy atom. The number of piperidine rings is 1. The molecular weight excluding hydrogens is 340 g/mol. The molecule has 1 saturated carbocycles. The number of amides is 2. The summed E-state index contributed by atoms with van der Waals surface area (Å²) in [4.78, 5) is 31.5. The van der Waals surface area contributed by atoms with Gasteiger partial charge in [0.15, 0.2) is 0 Å². The lowest BCUT2D eigenvalue weighted by Crippen LogP contribution is -2.32. The van der Waals surface area contributed by atoms with E-state index in [2.05, 4.69) is 20.5 Å². The summed E-state index contributed by atoms with van der Waals surface area (Å²) in [5.74, 6) is 0.504. The van der Waals surface area contributed by atoms with E-state index in [0.29, 0.717) is 22.9 Å². The lowest BCUT2D eigenvalue weighted by Gasteiger charge is -2.29. The van der Waals surface area contributed by atoms with Crippen molar-refractivity contribution in [2.45, 2.75) is 38.1 Å². The minimum absolute atomic E-state index is 0.0602. The monoisotopic (exact) mass is 364 g/mol. The molecule has 6 heteroatoms. The summed E-state index contributed by atoms with van der Waals surface area (Å²) in [5, 5.41) is 5.88. The van der Waals surface area contributed by atoms with E-state index < -0.39 is 0 Å². The van der Waals surface area contributed by atoms with E-state index in [0.717, 1.165) is 44.6 Å². The topological polar surface area (TPSA) is 74.3 Å². The van der Waals surface area contributed by atoms with E-state index in [4.69, 9.17) is 0 Å². The third-order valence-electron chi connectivity index (χ3n) is 5.00. The Bertz CT molecular complexity index is 824. The molecule has 1 aromatic heterocycles. The lowest BCUT2D eigenvalue weighted by atomic mass is 10.1. The fourth-order valence-electron chi connectivity index (χ4n) is 3.33. The normalized spacial score (nSPS) is 16.7. The zero-order valence-electron chi connectivity index (χ0n) is 15.3. The molecule has 1 aromatic carbocycles. The smallest absolute Gasteiger partial charge is 0.259 e. The molecule has 0 bridgehead atoms. The van der Waals surface area contributed by atoms with Gasteiger partial charge in [-0.2, -0.15) is 0 Å². The van der Waals surface area contributed by atoms with E-state index >= 15 is 0 Å². The Hall–Kier alpha value is -2.89. The van der Waals surface area contributed by atoms with Gasteiger partial charge in [-0.1, -0.05) is 0 Å². The van der Waals surface area contributed by atoms with Gasteiger partial charge in [-0.15, -0.1) is 0 Å². The maximum absolute atomic E-state index is 12.8. The van der Waals surface area contributed by atoms with Gasteiger partial charge in [-0.25, -0.2) is 4.98 Å². The van der Waals surface area contributed by atoms with Crippen molar-refractivity contribution in [3.63, 3.8) is 0 Å². The van der Waals surface area contributed by atoms with Crippen molar-refractivity contribution in [3.8, 4) is 0 Å². The number of nitrogens with zero attached hydrogens (tertiary/aromatic N) is 2. The number of hydrogen-bond acceptors (Lipinski definition) is 4. The first kappa shape index (κ1) is 17.5. The predicted molar refractivity (Wildman–Crippen MR) is 105 cm³/mol. The number of carbonyl (C=O) groups excluding carboxylic acids is 2. The molecule has 1 aliphatic carbocycles. The highest BCUT2D eigenvalue weighted by molar-refractivity contribution is 6.07. The van der Waals surface area contributed by atoms with Crippen LogP contribution in [0.15, 0.2) is 42.6 Å². The van der Waals surface area contributed by atoms with Crippen LogP contribution < -0.4 is 15.5 Å². The van der Waals surface area contributed by atoms with Crippen LogP contribution in [0.5, 0.6) is 0 Å². The van der Waals surface area contributed by atoms with Crippen molar-refractivity contribution < 1.29 is 9.59 Å². The Labute approximate surface area is 159 Å². The number of aromatic nitrogens is 1. The second-order valence-electron chi connectivity index (χ2n) is 7.20. The van der Waals surface area contributed by atoms with E-state index in [1.165, 1.54) is 6.42 Å². The van der Waals surface area contributed by atoms with E-state index in [-0.39, 0.29) is 11.8 Å². The van der Waals surface area contributed by atoms with Gasteiger partial charge >= 0.3 is 0 Å². The molecule has 27 heavy (non-hydrogen) atoms. The third kappa shape index (κ3) is 4.27. The Morgan fingerprint density at radius 1 is 0.963 bits per heavy atom. The first-order valence-corrected chi connectivity index (χ1v) is 9.63. The van der Waals surface area contributed by atoms with Crippen molar-refractivity contribution in [2.24, 2.45) is 0 Å². The second-order valence-corrected chi connectivity index (χ2v) is 7.20. The number of carbonyl (C=O) groups is 2. The quantitative estimate of drug-likeness (QED) is 0.854. The minimum Gasteiger partial charge on any atom is -0.356 e. The van der Waals surface area contributed by atoms with Crippen molar-refractivity contribution >= 4 is 23.3 Å². The van der Waals surface area contributed by atoms with Gasteiger partial charge in [-0.05, 0) is 68.5 Å². The molecule has 0 spiro atoms. The third-order valence-corrected chi connectivity index (χ3v) is 5.00.